The van der Waals surface area contributed by atoms with Crippen LogP contribution in [0.15, 0.2) is 30.6 Å². The number of amides is 1. The molecule has 112 valence electrons. The minimum Gasteiger partial charge on any atom is -0.352 e. The lowest BCUT2D eigenvalue weighted by Crippen LogP contribution is -2.34. The first kappa shape index (κ1) is 14.4. The molecule has 0 bridgehead atoms. The molecule has 2 aromatic heterocycles. The van der Waals surface area contributed by atoms with Crippen LogP contribution in [0.1, 0.15) is 36.0 Å². The van der Waals surface area contributed by atoms with E-state index in [1.54, 1.807) is 10.7 Å². The predicted molar refractivity (Wildman–Crippen MR) is 83.7 cm³/mol. The van der Waals surface area contributed by atoms with Crippen molar-refractivity contribution in [2.45, 2.75) is 25.7 Å². The van der Waals surface area contributed by atoms with Crippen LogP contribution in [0.3, 0.4) is 0 Å². The summed E-state index contributed by atoms with van der Waals surface area (Å²) >= 11 is 6.04. The van der Waals surface area contributed by atoms with Crippen LogP contribution in [0.4, 0.5) is 0 Å². The highest BCUT2D eigenvalue weighted by molar-refractivity contribution is 6.18. The third-order valence-corrected chi connectivity index (χ3v) is 4.86. The van der Waals surface area contributed by atoms with E-state index in [-0.39, 0.29) is 5.91 Å². The molecule has 0 aliphatic heterocycles. The van der Waals surface area contributed by atoms with Crippen LogP contribution in [0, 0.1) is 11.8 Å². The van der Waals surface area contributed by atoms with Crippen molar-refractivity contribution in [3.8, 4) is 0 Å². The Labute approximate surface area is 129 Å². The van der Waals surface area contributed by atoms with Crippen LogP contribution in [0.2, 0.25) is 0 Å². The van der Waals surface area contributed by atoms with Gasteiger partial charge in [0.15, 0.2) is 0 Å². The Hall–Kier alpha value is -1.55. The molecular formula is C16H20ClN3O. The van der Waals surface area contributed by atoms with Crippen LogP contribution < -0.4 is 5.32 Å². The number of pyridine rings is 1. The molecule has 1 aliphatic rings. The average Bonchev–Trinajstić information content (AvgIpc) is 2.97. The van der Waals surface area contributed by atoms with Gasteiger partial charge in [0.2, 0.25) is 0 Å². The summed E-state index contributed by atoms with van der Waals surface area (Å²) in [7, 11) is 0. The maximum atomic E-state index is 12.4. The quantitative estimate of drug-likeness (QED) is 0.882. The van der Waals surface area contributed by atoms with Crippen LogP contribution in [-0.4, -0.2) is 27.9 Å². The Morgan fingerprint density at radius 3 is 2.95 bits per heavy atom. The van der Waals surface area contributed by atoms with E-state index in [1.807, 2.05) is 24.4 Å². The fourth-order valence-corrected chi connectivity index (χ4v) is 3.59. The molecule has 5 heteroatoms. The highest BCUT2D eigenvalue weighted by Crippen LogP contribution is 2.30. The molecule has 1 aliphatic carbocycles. The zero-order valence-electron chi connectivity index (χ0n) is 12.0. The van der Waals surface area contributed by atoms with E-state index in [4.69, 9.17) is 11.6 Å². The number of halogens is 1. The molecule has 2 atom stereocenters. The second-order valence-corrected chi connectivity index (χ2v) is 6.07. The average molecular weight is 306 g/mol. The fourth-order valence-electron chi connectivity index (χ4n) is 3.18. The van der Waals surface area contributed by atoms with Crippen molar-refractivity contribution in [3.63, 3.8) is 0 Å². The van der Waals surface area contributed by atoms with Gasteiger partial charge in [-0.2, -0.15) is 5.10 Å². The molecule has 1 fully saturated rings. The summed E-state index contributed by atoms with van der Waals surface area (Å²) < 4.78 is 1.72. The maximum Gasteiger partial charge on any atom is 0.255 e. The van der Waals surface area contributed by atoms with Crippen LogP contribution >= 0.6 is 11.6 Å². The number of hydrogen-bond acceptors (Lipinski definition) is 2. The van der Waals surface area contributed by atoms with Crippen molar-refractivity contribution in [3.05, 3.63) is 36.2 Å². The highest BCUT2D eigenvalue weighted by Gasteiger charge is 2.25. The maximum absolute atomic E-state index is 12.4. The topological polar surface area (TPSA) is 46.4 Å². The first-order valence-electron chi connectivity index (χ1n) is 7.56. The minimum absolute atomic E-state index is 0.0462. The Morgan fingerprint density at radius 2 is 2.14 bits per heavy atom. The van der Waals surface area contributed by atoms with E-state index < -0.39 is 0 Å². The van der Waals surface area contributed by atoms with Gasteiger partial charge < -0.3 is 5.32 Å². The zero-order valence-corrected chi connectivity index (χ0v) is 12.7. The third-order valence-electron chi connectivity index (χ3n) is 4.46. The molecule has 1 amide bonds. The Kier molecular flexibility index (Phi) is 4.44. The lowest BCUT2D eigenvalue weighted by atomic mass is 9.80. The van der Waals surface area contributed by atoms with E-state index >= 15 is 0 Å². The van der Waals surface area contributed by atoms with Crippen molar-refractivity contribution < 1.29 is 4.79 Å². The largest absolute Gasteiger partial charge is 0.352 e. The van der Waals surface area contributed by atoms with E-state index in [2.05, 4.69) is 10.4 Å². The van der Waals surface area contributed by atoms with E-state index in [0.717, 1.165) is 11.9 Å². The van der Waals surface area contributed by atoms with Crippen LogP contribution in [-0.2, 0) is 0 Å². The summed E-state index contributed by atoms with van der Waals surface area (Å²) in [6.07, 6.45) is 8.31. The third kappa shape index (κ3) is 3.05. The number of nitrogens with zero attached hydrogens (tertiary/aromatic N) is 2. The fraction of sp³-hybridized carbons (Fsp3) is 0.500. The number of carbonyl (C=O) groups is 1. The summed E-state index contributed by atoms with van der Waals surface area (Å²) in [5.41, 5.74) is 1.47. The predicted octanol–water partition coefficient (Wildman–Crippen LogP) is 3.11. The lowest BCUT2D eigenvalue weighted by molar-refractivity contribution is 0.0938. The van der Waals surface area contributed by atoms with E-state index in [1.165, 1.54) is 19.3 Å². The smallest absolute Gasteiger partial charge is 0.255 e. The van der Waals surface area contributed by atoms with E-state index in [0.29, 0.717) is 29.8 Å². The van der Waals surface area contributed by atoms with Gasteiger partial charge in [0.05, 0.1) is 17.3 Å². The summed E-state index contributed by atoms with van der Waals surface area (Å²) in [6, 6.07) is 5.72. The Bertz CT molecular complexity index is 625. The number of fused-ring (bicyclic) bond motifs is 1. The molecular weight excluding hydrogens is 286 g/mol. The molecule has 3 rings (SSSR count). The molecule has 4 nitrogen and oxygen atoms in total. The van der Waals surface area contributed by atoms with Crippen molar-refractivity contribution in [1.29, 1.82) is 0 Å². The molecule has 1 saturated carbocycles. The highest BCUT2D eigenvalue weighted by atomic mass is 35.5. The number of nitrogens with one attached hydrogen (secondary N) is 1. The number of carbonyl (C=O) groups excluding carboxylic acids is 1. The molecule has 2 heterocycles. The molecule has 21 heavy (non-hydrogen) atoms. The molecule has 0 radical (unpaired) electrons. The molecule has 1 N–H and O–H groups in total. The van der Waals surface area contributed by atoms with Gasteiger partial charge in [-0.15, -0.1) is 11.6 Å². The van der Waals surface area contributed by atoms with Gasteiger partial charge in [-0.3, -0.25) is 4.79 Å². The van der Waals surface area contributed by atoms with Gasteiger partial charge in [-0.25, -0.2) is 4.52 Å². The number of rotatable bonds is 4. The van der Waals surface area contributed by atoms with Gasteiger partial charge in [0, 0.05) is 18.6 Å². The summed E-state index contributed by atoms with van der Waals surface area (Å²) in [5, 5.41) is 7.26. The SMILES string of the molecule is O=C(NCC1CCCCC1CCl)c1cnn2ccccc12. The number of aromatic nitrogens is 2. The minimum atomic E-state index is -0.0462. The second kappa shape index (κ2) is 6.48. The first-order valence-corrected chi connectivity index (χ1v) is 8.09. The first-order chi connectivity index (χ1) is 10.3. The number of hydrogen-bond donors (Lipinski definition) is 1. The van der Waals surface area contributed by atoms with Crippen molar-refractivity contribution in [2.24, 2.45) is 11.8 Å². The van der Waals surface area contributed by atoms with Gasteiger partial charge in [-0.05, 0) is 36.8 Å². The summed E-state index contributed by atoms with van der Waals surface area (Å²) in [6.45, 7) is 0.709. The van der Waals surface area contributed by atoms with Gasteiger partial charge >= 0.3 is 0 Å². The van der Waals surface area contributed by atoms with Crippen molar-refractivity contribution in [1.82, 2.24) is 14.9 Å². The molecule has 0 saturated heterocycles. The van der Waals surface area contributed by atoms with Gasteiger partial charge in [0.1, 0.15) is 0 Å². The van der Waals surface area contributed by atoms with E-state index in [9.17, 15) is 4.79 Å². The monoisotopic (exact) mass is 305 g/mol. The molecule has 0 spiro atoms. The van der Waals surface area contributed by atoms with Crippen LogP contribution in [0.25, 0.3) is 5.52 Å². The normalized spacial score (nSPS) is 22.3. The molecule has 0 aromatic carbocycles. The Morgan fingerprint density at radius 1 is 1.33 bits per heavy atom. The van der Waals surface area contributed by atoms with Gasteiger partial charge in [0.25, 0.3) is 5.91 Å². The standard InChI is InChI=1S/C16H20ClN3O/c17-9-12-5-1-2-6-13(12)10-18-16(21)14-11-19-20-8-4-3-7-15(14)20/h3-4,7-8,11-13H,1-2,5-6,9-10H2,(H,18,21). The lowest BCUT2D eigenvalue weighted by Gasteiger charge is -2.30. The molecule has 2 aromatic rings. The second-order valence-electron chi connectivity index (χ2n) is 5.76. The van der Waals surface area contributed by atoms with Crippen LogP contribution in [0.5, 0.6) is 0 Å². The number of alkyl halides is 1. The summed E-state index contributed by atoms with van der Waals surface area (Å²) in [5.74, 6) is 1.68. The molecule has 2 unspecified atom stereocenters. The zero-order chi connectivity index (χ0) is 14.7. The van der Waals surface area contributed by atoms with Crippen molar-refractivity contribution in [2.75, 3.05) is 12.4 Å². The summed E-state index contributed by atoms with van der Waals surface area (Å²) in [4.78, 5) is 12.4. The van der Waals surface area contributed by atoms with Gasteiger partial charge in [-0.1, -0.05) is 18.9 Å². The Balaban J connectivity index is 1.66. The van der Waals surface area contributed by atoms with Crippen molar-refractivity contribution >= 4 is 23.0 Å².